The summed E-state index contributed by atoms with van der Waals surface area (Å²) >= 11 is 1.22. The molecular formula is C12H15N5O3S. The van der Waals surface area contributed by atoms with Gasteiger partial charge in [0.2, 0.25) is 5.91 Å². The van der Waals surface area contributed by atoms with Gasteiger partial charge in [0.05, 0.1) is 24.7 Å². The number of carbonyl (C=O) groups excluding carboxylic acids is 2. The van der Waals surface area contributed by atoms with Crippen LogP contribution in [0, 0.1) is 6.92 Å². The third-order valence-corrected chi connectivity index (χ3v) is 3.79. The molecule has 21 heavy (non-hydrogen) atoms. The van der Waals surface area contributed by atoms with Gasteiger partial charge in [0.1, 0.15) is 11.4 Å². The second-order valence-electron chi connectivity index (χ2n) is 4.27. The van der Waals surface area contributed by atoms with Gasteiger partial charge in [-0.25, -0.2) is 9.48 Å². The van der Waals surface area contributed by atoms with Gasteiger partial charge >= 0.3 is 5.97 Å². The maximum absolute atomic E-state index is 12.0. The summed E-state index contributed by atoms with van der Waals surface area (Å²) in [4.78, 5) is 24.0. The number of aromatic nitrogens is 3. The Hall–Kier alpha value is -2.26. The molecule has 2 aromatic rings. The summed E-state index contributed by atoms with van der Waals surface area (Å²) in [6.07, 6.45) is 1.60. The van der Waals surface area contributed by atoms with Crippen molar-refractivity contribution < 1.29 is 14.3 Å². The molecule has 0 radical (unpaired) electrons. The number of ether oxygens (including phenoxy) is 1. The molecule has 0 saturated heterocycles. The van der Waals surface area contributed by atoms with E-state index in [4.69, 9.17) is 5.73 Å². The predicted octanol–water partition coefficient (Wildman–Crippen LogP) is 0.532. The molecule has 0 unspecified atom stereocenters. The van der Waals surface area contributed by atoms with Crippen molar-refractivity contribution in [2.75, 3.05) is 12.4 Å². The van der Waals surface area contributed by atoms with Crippen LogP contribution in [0.4, 0.5) is 5.69 Å². The molecule has 0 aliphatic carbocycles. The molecule has 0 spiro atoms. The SMILES string of the molecule is COC(=O)c1scc(C)c1NC(=O)Cn1cc(CN)nn1. The third-order valence-electron chi connectivity index (χ3n) is 2.71. The highest BCUT2D eigenvalue weighted by Crippen LogP contribution is 2.28. The molecule has 0 bridgehead atoms. The van der Waals surface area contributed by atoms with Gasteiger partial charge in [0.15, 0.2) is 0 Å². The summed E-state index contributed by atoms with van der Waals surface area (Å²) in [5, 5.41) is 12.1. The topological polar surface area (TPSA) is 112 Å². The summed E-state index contributed by atoms with van der Waals surface area (Å²) in [7, 11) is 1.30. The number of methoxy groups -OCH3 is 1. The zero-order valence-corrected chi connectivity index (χ0v) is 12.4. The number of anilines is 1. The lowest BCUT2D eigenvalue weighted by molar-refractivity contribution is -0.116. The zero-order valence-electron chi connectivity index (χ0n) is 11.6. The van der Waals surface area contributed by atoms with E-state index in [2.05, 4.69) is 20.4 Å². The van der Waals surface area contributed by atoms with Crippen LogP contribution in [-0.4, -0.2) is 34.0 Å². The van der Waals surface area contributed by atoms with Gasteiger partial charge in [0, 0.05) is 6.54 Å². The van der Waals surface area contributed by atoms with E-state index in [9.17, 15) is 9.59 Å². The predicted molar refractivity (Wildman–Crippen MR) is 76.9 cm³/mol. The van der Waals surface area contributed by atoms with Gasteiger partial charge in [0.25, 0.3) is 0 Å². The summed E-state index contributed by atoms with van der Waals surface area (Å²) < 4.78 is 6.07. The van der Waals surface area contributed by atoms with Gasteiger partial charge in [-0.1, -0.05) is 5.21 Å². The Kier molecular flexibility index (Phi) is 4.66. The number of hydrogen-bond donors (Lipinski definition) is 2. The van der Waals surface area contributed by atoms with Crippen LogP contribution in [0.15, 0.2) is 11.6 Å². The van der Waals surface area contributed by atoms with Gasteiger partial charge in [-0.2, -0.15) is 0 Å². The molecule has 0 saturated carbocycles. The third kappa shape index (κ3) is 3.44. The molecule has 1 amide bonds. The normalized spacial score (nSPS) is 10.4. The first-order valence-electron chi connectivity index (χ1n) is 6.10. The van der Waals surface area contributed by atoms with Crippen LogP contribution in [0.1, 0.15) is 20.9 Å². The number of thiophene rings is 1. The van der Waals surface area contributed by atoms with E-state index in [1.807, 2.05) is 0 Å². The molecular weight excluding hydrogens is 294 g/mol. The first-order chi connectivity index (χ1) is 10.0. The molecule has 0 fully saturated rings. The Morgan fingerprint density at radius 2 is 2.29 bits per heavy atom. The van der Waals surface area contributed by atoms with Gasteiger partial charge < -0.3 is 15.8 Å². The molecule has 0 atom stereocenters. The molecule has 0 aliphatic heterocycles. The monoisotopic (exact) mass is 309 g/mol. The largest absolute Gasteiger partial charge is 0.465 e. The highest BCUT2D eigenvalue weighted by molar-refractivity contribution is 7.12. The van der Waals surface area contributed by atoms with Crippen molar-refractivity contribution in [2.45, 2.75) is 20.0 Å². The minimum absolute atomic E-state index is 0.0110. The second-order valence-corrected chi connectivity index (χ2v) is 5.15. The maximum atomic E-state index is 12.0. The van der Waals surface area contributed by atoms with Gasteiger partial charge in [-0.15, -0.1) is 16.4 Å². The Morgan fingerprint density at radius 1 is 1.52 bits per heavy atom. The van der Waals surface area contributed by atoms with Crippen molar-refractivity contribution in [1.82, 2.24) is 15.0 Å². The van der Waals surface area contributed by atoms with E-state index in [-0.39, 0.29) is 19.0 Å². The van der Waals surface area contributed by atoms with Crippen molar-refractivity contribution in [2.24, 2.45) is 5.73 Å². The van der Waals surface area contributed by atoms with E-state index >= 15 is 0 Å². The number of carbonyl (C=O) groups is 2. The van der Waals surface area contributed by atoms with E-state index in [1.165, 1.54) is 23.1 Å². The highest BCUT2D eigenvalue weighted by atomic mass is 32.1. The minimum Gasteiger partial charge on any atom is -0.465 e. The lowest BCUT2D eigenvalue weighted by Gasteiger charge is -2.07. The fourth-order valence-electron chi connectivity index (χ4n) is 1.68. The van der Waals surface area contributed by atoms with Crippen molar-refractivity contribution in [3.63, 3.8) is 0 Å². The maximum Gasteiger partial charge on any atom is 0.350 e. The summed E-state index contributed by atoms with van der Waals surface area (Å²) in [6, 6.07) is 0. The Bertz CT molecular complexity index is 664. The lowest BCUT2D eigenvalue weighted by Crippen LogP contribution is -2.20. The number of hydrogen-bond acceptors (Lipinski definition) is 7. The highest BCUT2D eigenvalue weighted by Gasteiger charge is 2.18. The average molecular weight is 309 g/mol. The standard InChI is InChI=1S/C12H15N5O3S/c1-7-6-21-11(12(19)20-2)10(7)14-9(18)5-17-4-8(3-13)15-16-17/h4,6H,3,5,13H2,1-2H3,(H,14,18). The van der Waals surface area contributed by atoms with Crippen LogP contribution in [0.25, 0.3) is 0 Å². The molecule has 2 heterocycles. The number of nitrogens with two attached hydrogens (primary N) is 1. The minimum atomic E-state index is -0.477. The number of rotatable bonds is 5. The van der Waals surface area contributed by atoms with E-state index < -0.39 is 5.97 Å². The Morgan fingerprint density at radius 3 is 2.90 bits per heavy atom. The van der Waals surface area contributed by atoms with Crippen molar-refractivity contribution >= 4 is 28.9 Å². The molecule has 0 aliphatic rings. The van der Waals surface area contributed by atoms with Crippen molar-refractivity contribution in [3.8, 4) is 0 Å². The van der Waals surface area contributed by atoms with E-state index in [0.717, 1.165) is 5.56 Å². The van der Waals surface area contributed by atoms with Crippen LogP contribution in [0.2, 0.25) is 0 Å². The van der Waals surface area contributed by atoms with Gasteiger partial charge in [-0.05, 0) is 17.9 Å². The smallest absolute Gasteiger partial charge is 0.350 e. The lowest BCUT2D eigenvalue weighted by atomic mass is 10.2. The first-order valence-corrected chi connectivity index (χ1v) is 6.98. The number of nitrogens with one attached hydrogen (secondary N) is 1. The van der Waals surface area contributed by atoms with E-state index in [1.54, 1.807) is 18.5 Å². The molecule has 2 rings (SSSR count). The number of aryl methyl sites for hydroxylation is 1. The quantitative estimate of drug-likeness (QED) is 0.779. The van der Waals surface area contributed by atoms with Crippen LogP contribution in [0.5, 0.6) is 0 Å². The molecule has 0 aromatic carbocycles. The van der Waals surface area contributed by atoms with Crippen molar-refractivity contribution in [3.05, 3.63) is 27.7 Å². The Balaban J connectivity index is 2.09. The Labute approximate surface area is 124 Å². The summed E-state index contributed by atoms with van der Waals surface area (Å²) in [5.74, 6) is -0.787. The first kappa shape index (κ1) is 15.1. The van der Waals surface area contributed by atoms with Crippen LogP contribution >= 0.6 is 11.3 Å². The van der Waals surface area contributed by atoms with Crippen molar-refractivity contribution in [1.29, 1.82) is 0 Å². The number of nitrogens with zero attached hydrogens (tertiary/aromatic N) is 3. The average Bonchev–Trinajstić information content (AvgIpc) is 3.06. The summed E-state index contributed by atoms with van der Waals surface area (Å²) in [5.41, 5.74) is 7.30. The molecule has 3 N–H and O–H groups in total. The second kappa shape index (κ2) is 6.46. The number of amides is 1. The fourth-order valence-corrected chi connectivity index (χ4v) is 2.60. The fraction of sp³-hybridized carbons (Fsp3) is 0.333. The zero-order chi connectivity index (χ0) is 15.4. The molecule has 112 valence electrons. The number of esters is 1. The summed E-state index contributed by atoms with van der Waals surface area (Å²) in [6.45, 7) is 2.06. The van der Waals surface area contributed by atoms with E-state index in [0.29, 0.717) is 16.3 Å². The van der Waals surface area contributed by atoms with Crippen LogP contribution in [-0.2, 0) is 22.6 Å². The van der Waals surface area contributed by atoms with Crippen LogP contribution in [0.3, 0.4) is 0 Å². The molecule has 9 heteroatoms. The van der Waals surface area contributed by atoms with Crippen LogP contribution < -0.4 is 11.1 Å². The molecule has 8 nitrogen and oxygen atoms in total. The van der Waals surface area contributed by atoms with Gasteiger partial charge in [-0.3, -0.25) is 4.79 Å². The molecule has 2 aromatic heterocycles.